The van der Waals surface area contributed by atoms with E-state index in [0.29, 0.717) is 35.9 Å². The average Bonchev–Trinajstić information content (AvgIpc) is 2.86. The lowest BCUT2D eigenvalue weighted by atomic mass is 10.1. The predicted octanol–water partition coefficient (Wildman–Crippen LogP) is 3.73. The van der Waals surface area contributed by atoms with E-state index in [1.807, 2.05) is 13.8 Å². The zero-order valence-electron chi connectivity index (χ0n) is 19.6. The fourth-order valence-corrected chi connectivity index (χ4v) is 3.86. The molecule has 3 aromatic rings. The van der Waals surface area contributed by atoms with Crippen LogP contribution in [-0.4, -0.2) is 48.2 Å². The number of carbonyl (C=O) groups is 2. The Morgan fingerprint density at radius 1 is 1.09 bits per heavy atom. The second-order valence-corrected chi connectivity index (χ2v) is 8.11. The first-order valence-corrected chi connectivity index (χ1v) is 11.3. The molecule has 4 rings (SSSR count). The van der Waals surface area contributed by atoms with Gasteiger partial charge in [0, 0.05) is 41.2 Å². The van der Waals surface area contributed by atoms with E-state index >= 15 is 0 Å². The minimum atomic E-state index is -0.627. The largest absolute Gasteiger partial charge is 0.378 e. The van der Waals surface area contributed by atoms with Crippen molar-refractivity contribution in [3.63, 3.8) is 0 Å². The Morgan fingerprint density at radius 2 is 1.80 bits per heavy atom. The lowest BCUT2D eigenvalue weighted by Gasteiger charge is -2.29. The summed E-state index contributed by atoms with van der Waals surface area (Å²) in [6, 6.07) is 9.88. The van der Waals surface area contributed by atoms with Crippen LogP contribution in [0.15, 0.2) is 42.5 Å². The number of anilines is 3. The number of aromatic nitrogens is 2. The quantitative estimate of drug-likeness (QED) is 0.496. The molecule has 1 fully saturated rings. The molecule has 0 bridgehead atoms. The van der Waals surface area contributed by atoms with Gasteiger partial charge in [-0.15, -0.1) is 0 Å². The number of benzene rings is 2. The summed E-state index contributed by atoms with van der Waals surface area (Å²) in [5.41, 5.74) is 8.40. The molecule has 4 N–H and O–H groups in total. The van der Waals surface area contributed by atoms with Gasteiger partial charge in [-0.2, -0.15) is 0 Å². The van der Waals surface area contributed by atoms with Crippen molar-refractivity contribution in [3.05, 3.63) is 65.1 Å². The number of aryl methyl sites for hydroxylation is 1. The van der Waals surface area contributed by atoms with Gasteiger partial charge in [0.05, 0.1) is 18.9 Å². The second kappa shape index (κ2) is 10.5. The monoisotopic (exact) mass is 478 g/mol. The van der Waals surface area contributed by atoms with E-state index in [2.05, 4.69) is 20.5 Å². The smallest absolute Gasteiger partial charge is 0.323 e. The molecule has 1 aromatic heterocycles. The molecule has 3 amide bonds. The van der Waals surface area contributed by atoms with Crippen molar-refractivity contribution in [3.8, 4) is 11.4 Å². The molecule has 2 aromatic carbocycles. The highest BCUT2D eigenvalue weighted by atomic mass is 19.1. The van der Waals surface area contributed by atoms with E-state index in [1.165, 1.54) is 36.4 Å². The highest BCUT2D eigenvalue weighted by molar-refractivity contribution is 6.00. The Kier molecular flexibility index (Phi) is 7.21. The SMILES string of the molecule is CCc1nc(-c2ccc(NC(=O)Nc3ccc(C(N)=O)cc3)c(F)c2)nc(N2CCOCC2)c1C. The number of amides is 3. The van der Waals surface area contributed by atoms with E-state index in [1.54, 1.807) is 6.07 Å². The Bertz CT molecular complexity index is 1240. The summed E-state index contributed by atoms with van der Waals surface area (Å²) >= 11 is 0. The van der Waals surface area contributed by atoms with Crippen molar-refractivity contribution in [2.75, 3.05) is 41.8 Å². The molecule has 2 heterocycles. The van der Waals surface area contributed by atoms with Crippen LogP contribution >= 0.6 is 0 Å². The number of rotatable bonds is 6. The van der Waals surface area contributed by atoms with E-state index < -0.39 is 17.8 Å². The lowest BCUT2D eigenvalue weighted by Crippen LogP contribution is -2.37. The number of halogens is 1. The Labute approximate surface area is 202 Å². The third-order valence-corrected chi connectivity index (χ3v) is 5.77. The summed E-state index contributed by atoms with van der Waals surface area (Å²) < 4.78 is 20.4. The molecule has 0 radical (unpaired) electrons. The molecule has 182 valence electrons. The van der Waals surface area contributed by atoms with Gasteiger partial charge < -0.3 is 26.0 Å². The van der Waals surface area contributed by atoms with Gasteiger partial charge in [0.1, 0.15) is 11.6 Å². The zero-order valence-corrected chi connectivity index (χ0v) is 19.6. The fourth-order valence-electron chi connectivity index (χ4n) is 3.86. The number of carbonyl (C=O) groups excluding carboxylic acids is 2. The molecule has 35 heavy (non-hydrogen) atoms. The first kappa shape index (κ1) is 24.1. The summed E-state index contributed by atoms with van der Waals surface area (Å²) in [4.78, 5) is 35.0. The van der Waals surface area contributed by atoms with Gasteiger partial charge in [-0.25, -0.2) is 19.2 Å². The van der Waals surface area contributed by atoms with Crippen LogP contribution in [0, 0.1) is 12.7 Å². The molecule has 10 heteroatoms. The van der Waals surface area contributed by atoms with Crippen LogP contribution in [0.2, 0.25) is 0 Å². The van der Waals surface area contributed by atoms with Crippen molar-refractivity contribution >= 4 is 29.1 Å². The van der Waals surface area contributed by atoms with Crippen molar-refractivity contribution in [1.82, 2.24) is 9.97 Å². The first-order valence-electron chi connectivity index (χ1n) is 11.3. The number of nitrogens with one attached hydrogen (secondary N) is 2. The van der Waals surface area contributed by atoms with Crippen LogP contribution in [0.4, 0.5) is 26.4 Å². The van der Waals surface area contributed by atoms with Gasteiger partial charge in [0.15, 0.2) is 5.82 Å². The topological polar surface area (TPSA) is 122 Å². The third kappa shape index (κ3) is 5.55. The van der Waals surface area contributed by atoms with Gasteiger partial charge in [-0.1, -0.05) is 6.92 Å². The zero-order chi connectivity index (χ0) is 24.9. The number of morpholine rings is 1. The second-order valence-electron chi connectivity index (χ2n) is 8.11. The first-order chi connectivity index (χ1) is 16.9. The number of nitrogens with zero attached hydrogens (tertiary/aromatic N) is 3. The number of nitrogens with two attached hydrogens (primary N) is 1. The summed E-state index contributed by atoms with van der Waals surface area (Å²) in [7, 11) is 0. The van der Waals surface area contributed by atoms with Crippen LogP contribution < -0.4 is 21.3 Å². The molecule has 0 spiro atoms. The molecule has 0 saturated carbocycles. The molecule has 0 unspecified atom stereocenters. The van der Waals surface area contributed by atoms with Gasteiger partial charge in [0.2, 0.25) is 5.91 Å². The molecule has 9 nitrogen and oxygen atoms in total. The minimum absolute atomic E-state index is 0.0104. The van der Waals surface area contributed by atoms with Crippen molar-refractivity contribution in [1.29, 1.82) is 0 Å². The van der Waals surface area contributed by atoms with Gasteiger partial charge in [0.25, 0.3) is 0 Å². The number of ether oxygens (including phenoxy) is 1. The maximum absolute atomic E-state index is 14.9. The van der Waals surface area contributed by atoms with Crippen molar-refractivity contribution in [2.24, 2.45) is 5.73 Å². The fraction of sp³-hybridized carbons (Fsp3) is 0.280. The molecule has 1 aliphatic rings. The van der Waals surface area contributed by atoms with Crippen LogP contribution in [-0.2, 0) is 11.2 Å². The normalized spacial score (nSPS) is 13.4. The van der Waals surface area contributed by atoms with E-state index in [4.69, 9.17) is 15.5 Å². The average molecular weight is 479 g/mol. The van der Waals surface area contributed by atoms with Crippen LogP contribution in [0.25, 0.3) is 11.4 Å². The van der Waals surface area contributed by atoms with E-state index in [-0.39, 0.29) is 5.69 Å². The van der Waals surface area contributed by atoms with Crippen LogP contribution in [0.1, 0.15) is 28.5 Å². The molecule has 1 aliphatic heterocycles. The Hall–Kier alpha value is -4.05. The molecular formula is C25H27FN6O3. The minimum Gasteiger partial charge on any atom is -0.378 e. The van der Waals surface area contributed by atoms with E-state index in [0.717, 1.165) is 36.6 Å². The van der Waals surface area contributed by atoms with Crippen molar-refractivity contribution < 1.29 is 18.7 Å². The Morgan fingerprint density at radius 3 is 2.43 bits per heavy atom. The highest BCUT2D eigenvalue weighted by Gasteiger charge is 2.20. The van der Waals surface area contributed by atoms with Crippen molar-refractivity contribution in [2.45, 2.75) is 20.3 Å². The maximum Gasteiger partial charge on any atom is 0.323 e. The van der Waals surface area contributed by atoms with Gasteiger partial charge in [-0.05, 0) is 55.8 Å². The third-order valence-electron chi connectivity index (χ3n) is 5.77. The van der Waals surface area contributed by atoms with Gasteiger partial charge in [-0.3, -0.25) is 4.79 Å². The summed E-state index contributed by atoms with van der Waals surface area (Å²) in [6.45, 7) is 6.76. The predicted molar refractivity (Wildman–Crippen MR) is 132 cm³/mol. The van der Waals surface area contributed by atoms with Crippen LogP contribution in [0.3, 0.4) is 0 Å². The number of primary amides is 1. The number of hydrogen-bond acceptors (Lipinski definition) is 6. The molecule has 0 aliphatic carbocycles. The summed E-state index contributed by atoms with van der Waals surface area (Å²) in [6.07, 6.45) is 0.724. The van der Waals surface area contributed by atoms with Crippen LogP contribution in [0.5, 0.6) is 0 Å². The van der Waals surface area contributed by atoms with Gasteiger partial charge >= 0.3 is 6.03 Å². The number of hydrogen-bond donors (Lipinski definition) is 3. The van der Waals surface area contributed by atoms with E-state index in [9.17, 15) is 14.0 Å². The molecule has 0 atom stereocenters. The summed E-state index contributed by atoms with van der Waals surface area (Å²) in [5.74, 6) is 0.0820. The standard InChI is InChI=1S/C25H27FN6O3/c1-3-20-15(2)24(32-10-12-35-13-11-32)31-23(29-20)17-6-9-21(19(26)14-17)30-25(34)28-18-7-4-16(5-8-18)22(27)33/h4-9,14H,3,10-13H2,1-2H3,(H2,27,33)(H2,28,30,34). The molecule has 1 saturated heterocycles. The lowest BCUT2D eigenvalue weighted by molar-refractivity contribution is 0.1000. The maximum atomic E-state index is 14.9. The highest BCUT2D eigenvalue weighted by Crippen LogP contribution is 2.28. The molecular weight excluding hydrogens is 451 g/mol. The Balaban J connectivity index is 1.52. The number of urea groups is 1. The summed E-state index contributed by atoms with van der Waals surface area (Å²) in [5, 5.41) is 5.08.